The van der Waals surface area contributed by atoms with Crippen molar-refractivity contribution < 1.29 is 9.90 Å². The highest BCUT2D eigenvalue weighted by atomic mass is 16.3. The number of nitrogens with zero attached hydrogens (tertiary/aromatic N) is 5. The predicted octanol–water partition coefficient (Wildman–Crippen LogP) is 0.866. The summed E-state index contributed by atoms with van der Waals surface area (Å²) in [5.74, 6) is 0.255. The number of aromatic nitrogens is 3. The first-order valence-electron chi connectivity index (χ1n) is 9.61. The summed E-state index contributed by atoms with van der Waals surface area (Å²) < 4.78 is 1.85. The molecule has 2 fully saturated rings. The maximum Gasteiger partial charge on any atom is 0.276 e. The Balaban J connectivity index is 1.31. The highest BCUT2D eigenvalue weighted by Gasteiger charge is 2.25. The van der Waals surface area contributed by atoms with Gasteiger partial charge in [-0.25, -0.2) is 4.68 Å². The van der Waals surface area contributed by atoms with Crippen molar-refractivity contribution in [3.05, 3.63) is 41.7 Å². The van der Waals surface area contributed by atoms with Crippen molar-refractivity contribution in [2.24, 2.45) is 0 Å². The molecule has 144 valence electrons. The predicted molar refractivity (Wildman–Crippen MR) is 100 cm³/mol. The van der Waals surface area contributed by atoms with Gasteiger partial charge in [0, 0.05) is 32.7 Å². The number of nitrogens with one attached hydrogen (secondary N) is 1. The van der Waals surface area contributed by atoms with Crippen LogP contribution in [0.2, 0.25) is 0 Å². The Morgan fingerprint density at radius 3 is 2.70 bits per heavy atom. The van der Waals surface area contributed by atoms with E-state index in [1.165, 1.54) is 0 Å². The molecule has 3 heterocycles. The molecule has 0 aliphatic carbocycles. The van der Waals surface area contributed by atoms with E-state index in [-0.39, 0.29) is 11.7 Å². The van der Waals surface area contributed by atoms with Gasteiger partial charge in [-0.15, -0.1) is 5.10 Å². The van der Waals surface area contributed by atoms with Gasteiger partial charge in [0.25, 0.3) is 5.91 Å². The van der Waals surface area contributed by atoms with Gasteiger partial charge in [0.1, 0.15) is 5.75 Å². The van der Waals surface area contributed by atoms with E-state index in [9.17, 15) is 9.90 Å². The molecule has 2 aliphatic rings. The number of carbonyl (C=O) groups is 1. The Morgan fingerprint density at radius 1 is 1.19 bits per heavy atom. The third-order valence-electron chi connectivity index (χ3n) is 5.39. The van der Waals surface area contributed by atoms with E-state index < -0.39 is 0 Å². The minimum absolute atomic E-state index is 0.0350. The lowest BCUT2D eigenvalue weighted by atomic mass is 10.1. The average Bonchev–Trinajstić information content (AvgIpc) is 3.19. The molecular formula is C19H26N6O2. The summed E-state index contributed by atoms with van der Waals surface area (Å²) in [6.45, 7) is 5.72. The fraction of sp³-hybridized carbons (Fsp3) is 0.526. The summed E-state index contributed by atoms with van der Waals surface area (Å²) in [6.07, 6.45) is 3.84. The molecule has 0 radical (unpaired) electrons. The molecule has 2 aliphatic heterocycles. The molecule has 0 bridgehead atoms. The van der Waals surface area contributed by atoms with Crippen molar-refractivity contribution in [1.29, 1.82) is 0 Å². The van der Waals surface area contributed by atoms with Gasteiger partial charge in [0.05, 0.1) is 12.2 Å². The van der Waals surface area contributed by atoms with Crippen molar-refractivity contribution in [3.63, 3.8) is 0 Å². The van der Waals surface area contributed by atoms with Gasteiger partial charge in [-0.3, -0.25) is 9.69 Å². The van der Waals surface area contributed by atoms with Crippen LogP contribution in [0.1, 0.15) is 34.9 Å². The van der Waals surface area contributed by atoms with Crippen LogP contribution in [0.5, 0.6) is 5.75 Å². The maximum absolute atomic E-state index is 12.8. The smallest absolute Gasteiger partial charge is 0.276 e. The van der Waals surface area contributed by atoms with Crippen LogP contribution in [-0.2, 0) is 6.54 Å². The minimum atomic E-state index is -0.0350. The quantitative estimate of drug-likeness (QED) is 0.830. The molecule has 2 saturated heterocycles. The number of piperazine rings is 1. The second kappa shape index (κ2) is 8.06. The van der Waals surface area contributed by atoms with Crippen LogP contribution < -0.4 is 5.32 Å². The standard InChI is InChI=1S/C19H26N6O2/c26-17-3-1-2-15(12-17)13-23-8-10-24(11-9-23)19(27)18-14-25(22-21-18)16-4-6-20-7-5-16/h1-3,12,14,16,20,26H,4-11,13H2. The number of amides is 1. The van der Waals surface area contributed by atoms with Crippen LogP contribution in [0.4, 0.5) is 0 Å². The second-order valence-corrected chi connectivity index (χ2v) is 7.30. The lowest BCUT2D eigenvalue weighted by molar-refractivity contribution is 0.0622. The molecule has 0 atom stereocenters. The number of phenols is 1. The number of aromatic hydroxyl groups is 1. The van der Waals surface area contributed by atoms with Crippen LogP contribution in [0.15, 0.2) is 30.5 Å². The molecule has 2 aromatic rings. The molecule has 8 nitrogen and oxygen atoms in total. The molecule has 0 spiro atoms. The minimum Gasteiger partial charge on any atom is -0.508 e. The topological polar surface area (TPSA) is 86.5 Å². The van der Waals surface area contributed by atoms with Gasteiger partial charge in [0.2, 0.25) is 0 Å². The third-order valence-corrected chi connectivity index (χ3v) is 5.39. The molecular weight excluding hydrogens is 344 g/mol. The summed E-state index contributed by atoms with van der Waals surface area (Å²) >= 11 is 0. The Kier molecular flexibility index (Phi) is 5.35. The third kappa shape index (κ3) is 4.28. The van der Waals surface area contributed by atoms with E-state index in [2.05, 4.69) is 20.5 Å². The fourth-order valence-electron chi connectivity index (χ4n) is 3.81. The van der Waals surface area contributed by atoms with Gasteiger partial charge in [-0.1, -0.05) is 17.3 Å². The molecule has 8 heteroatoms. The zero-order valence-corrected chi connectivity index (χ0v) is 15.4. The van der Waals surface area contributed by atoms with Gasteiger partial charge in [-0.05, 0) is 43.6 Å². The van der Waals surface area contributed by atoms with Crippen LogP contribution in [0.25, 0.3) is 0 Å². The Bertz CT molecular complexity index is 778. The molecule has 27 heavy (non-hydrogen) atoms. The lowest BCUT2D eigenvalue weighted by Crippen LogP contribution is -2.48. The van der Waals surface area contributed by atoms with E-state index in [0.29, 0.717) is 24.8 Å². The van der Waals surface area contributed by atoms with Crippen LogP contribution in [0.3, 0.4) is 0 Å². The molecule has 0 saturated carbocycles. The van der Waals surface area contributed by atoms with E-state index in [0.717, 1.165) is 51.1 Å². The maximum atomic E-state index is 12.8. The summed E-state index contributed by atoms with van der Waals surface area (Å²) in [5, 5.41) is 21.2. The van der Waals surface area contributed by atoms with E-state index in [4.69, 9.17) is 0 Å². The SMILES string of the molecule is O=C(c1cn(C2CCNCC2)nn1)N1CCN(Cc2cccc(O)c2)CC1. The van der Waals surface area contributed by atoms with Gasteiger partial charge < -0.3 is 15.3 Å². The van der Waals surface area contributed by atoms with E-state index >= 15 is 0 Å². The summed E-state index contributed by atoms with van der Waals surface area (Å²) in [4.78, 5) is 16.9. The molecule has 1 aromatic carbocycles. The van der Waals surface area contributed by atoms with Crippen LogP contribution in [-0.4, -0.2) is 75.1 Å². The number of piperidine rings is 1. The first kappa shape index (κ1) is 17.9. The summed E-state index contributed by atoms with van der Waals surface area (Å²) in [5.41, 5.74) is 1.52. The van der Waals surface area contributed by atoms with Crippen molar-refractivity contribution in [2.45, 2.75) is 25.4 Å². The highest BCUT2D eigenvalue weighted by Crippen LogP contribution is 2.18. The van der Waals surface area contributed by atoms with E-state index in [1.807, 2.05) is 21.7 Å². The zero-order valence-electron chi connectivity index (χ0n) is 15.4. The molecule has 1 amide bonds. The second-order valence-electron chi connectivity index (χ2n) is 7.30. The monoisotopic (exact) mass is 370 g/mol. The largest absolute Gasteiger partial charge is 0.508 e. The van der Waals surface area contributed by atoms with Gasteiger partial charge >= 0.3 is 0 Å². The van der Waals surface area contributed by atoms with Gasteiger partial charge in [0.15, 0.2) is 5.69 Å². The number of carbonyl (C=O) groups excluding carboxylic acids is 1. The highest BCUT2D eigenvalue weighted by molar-refractivity contribution is 5.92. The first-order chi connectivity index (χ1) is 13.2. The lowest BCUT2D eigenvalue weighted by Gasteiger charge is -2.34. The number of hydrogen-bond acceptors (Lipinski definition) is 6. The van der Waals surface area contributed by atoms with Crippen molar-refractivity contribution in [3.8, 4) is 5.75 Å². The Hall–Kier alpha value is -2.45. The van der Waals surface area contributed by atoms with Crippen molar-refractivity contribution in [2.75, 3.05) is 39.3 Å². The average molecular weight is 370 g/mol. The number of rotatable bonds is 4. The molecule has 0 unspecified atom stereocenters. The molecule has 1 aromatic heterocycles. The summed E-state index contributed by atoms with van der Waals surface area (Å²) in [6, 6.07) is 7.67. The molecule has 2 N–H and O–H groups in total. The Morgan fingerprint density at radius 2 is 1.96 bits per heavy atom. The van der Waals surface area contributed by atoms with E-state index in [1.54, 1.807) is 18.3 Å². The van der Waals surface area contributed by atoms with Crippen molar-refractivity contribution >= 4 is 5.91 Å². The summed E-state index contributed by atoms with van der Waals surface area (Å²) in [7, 11) is 0. The van der Waals surface area contributed by atoms with Crippen molar-refractivity contribution in [1.82, 2.24) is 30.1 Å². The zero-order chi connectivity index (χ0) is 18.6. The Labute approximate surface area is 158 Å². The van der Waals surface area contributed by atoms with Gasteiger partial charge in [-0.2, -0.15) is 0 Å². The number of phenolic OH excluding ortho intramolecular Hbond substituents is 1. The van der Waals surface area contributed by atoms with Crippen LogP contribution in [0, 0.1) is 0 Å². The molecule has 4 rings (SSSR count). The number of hydrogen-bond donors (Lipinski definition) is 2. The van der Waals surface area contributed by atoms with Crippen LogP contribution >= 0.6 is 0 Å². The normalized spacial score (nSPS) is 19.3. The fourth-order valence-corrected chi connectivity index (χ4v) is 3.81. The number of benzene rings is 1. The first-order valence-corrected chi connectivity index (χ1v) is 9.61.